The quantitative estimate of drug-likeness (QED) is 0.831. The normalized spacial score (nSPS) is 10.2. The molecule has 21 heavy (non-hydrogen) atoms. The molecule has 0 bridgehead atoms. The van der Waals surface area contributed by atoms with Crippen LogP contribution in [0.25, 0.3) is 0 Å². The molecule has 0 atom stereocenters. The number of carbonyl (C=O) groups excluding carboxylic acids is 1. The molecule has 1 amide bonds. The fourth-order valence-corrected chi connectivity index (χ4v) is 2.01. The first-order valence-electron chi connectivity index (χ1n) is 6.75. The van der Waals surface area contributed by atoms with Crippen LogP contribution in [0.2, 0.25) is 0 Å². The number of amides is 1. The van der Waals surface area contributed by atoms with Gasteiger partial charge in [-0.25, -0.2) is 4.39 Å². The number of halogens is 1. The van der Waals surface area contributed by atoms with Crippen LogP contribution in [-0.4, -0.2) is 19.0 Å². The van der Waals surface area contributed by atoms with Gasteiger partial charge in [0.05, 0.1) is 17.9 Å². The third-order valence-corrected chi connectivity index (χ3v) is 3.14. The van der Waals surface area contributed by atoms with Gasteiger partial charge in [0.25, 0.3) is 0 Å². The smallest absolute Gasteiger partial charge is 0.243 e. The van der Waals surface area contributed by atoms with E-state index >= 15 is 0 Å². The van der Waals surface area contributed by atoms with Crippen LogP contribution in [0.5, 0.6) is 0 Å². The Morgan fingerprint density at radius 2 is 1.86 bits per heavy atom. The van der Waals surface area contributed by atoms with E-state index in [-0.39, 0.29) is 18.3 Å². The second kappa shape index (κ2) is 6.74. The maximum atomic E-state index is 12.9. The third kappa shape index (κ3) is 3.95. The number of nitrogens with zero attached hydrogens (tertiary/aromatic N) is 1. The van der Waals surface area contributed by atoms with Gasteiger partial charge < -0.3 is 16.0 Å². The Hall–Kier alpha value is -2.56. The summed E-state index contributed by atoms with van der Waals surface area (Å²) in [4.78, 5) is 13.9. The van der Waals surface area contributed by atoms with Crippen LogP contribution in [0.3, 0.4) is 0 Å². The summed E-state index contributed by atoms with van der Waals surface area (Å²) in [7, 11) is 0. The number of hydrogen-bond acceptors (Lipinski definition) is 3. The molecule has 0 aliphatic heterocycles. The third-order valence-electron chi connectivity index (χ3n) is 3.14. The van der Waals surface area contributed by atoms with Crippen LogP contribution < -0.4 is 16.0 Å². The molecule has 0 saturated heterocycles. The lowest BCUT2D eigenvalue weighted by Crippen LogP contribution is -2.33. The molecule has 0 radical (unpaired) electrons. The van der Waals surface area contributed by atoms with Crippen LogP contribution >= 0.6 is 0 Å². The number of para-hydroxylation sites is 2. The van der Waals surface area contributed by atoms with Gasteiger partial charge >= 0.3 is 0 Å². The van der Waals surface area contributed by atoms with Gasteiger partial charge in [-0.3, -0.25) is 4.79 Å². The molecule has 5 heteroatoms. The van der Waals surface area contributed by atoms with Crippen molar-refractivity contribution in [2.24, 2.45) is 0 Å². The van der Waals surface area contributed by atoms with Crippen LogP contribution in [0.1, 0.15) is 6.92 Å². The Morgan fingerprint density at radius 3 is 2.48 bits per heavy atom. The SMILES string of the molecule is CCN(CC(=O)Nc1ccccc1N)c1ccc(F)cc1. The lowest BCUT2D eigenvalue weighted by Gasteiger charge is -2.22. The maximum absolute atomic E-state index is 12.9. The van der Waals surface area contributed by atoms with Crippen LogP contribution in [0.4, 0.5) is 21.5 Å². The van der Waals surface area contributed by atoms with E-state index in [9.17, 15) is 9.18 Å². The molecule has 0 fully saturated rings. The number of rotatable bonds is 5. The fraction of sp³-hybridized carbons (Fsp3) is 0.188. The predicted molar refractivity (Wildman–Crippen MR) is 83.8 cm³/mol. The van der Waals surface area contributed by atoms with E-state index in [4.69, 9.17) is 5.73 Å². The van der Waals surface area contributed by atoms with Gasteiger partial charge in [-0.15, -0.1) is 0 Å². The molecule has 0 aliphatic carbocycles. The minimum atomic E-state index is -0.295. The zero-order chi connectivity index (χ0) is 15.2. The number of nitrogen functional groups attached to an aromatic ring is 1. The molecule has 0 heterocycles. The van der Waals surface area contributed by atoms with Crippen LogP contribution in [0, 0.1) is 5.82 Å². The van der Waals surface area contributed by atoms with Crippen LogP contribution in [-0.2, 0) is 4.79 Å². The Bertz CT molecular complexity index is 613. The van der Waals surface area contributed by atoms with Crippen molar-refractivity contribution in [1.29, 1.82) is 0 Å². The molecule has 2 rings (SSSR count). The Morgan fingerprint density at radius 1 is 1.19 bits per heavy atom. The molecule has 0 spiro atoms. The highest BCUT2D eigenvalue weighted by atomic mass is 19.1. The summed E-state index contributed by atoms with van der Waals surface area (Å²) in [6.07, 6.45) is 0. The van der Waals surface area contributed by atoms with Gasteiger partial charge in [0.15, 0.2) is 0 Å². The molecule has 2 aromatic rings. The summed E-state index contributed by atoms with van der Waals surface area (Å²) in [5.41, 5.74) is 7.71. The lowest BCUT2D eigenvalue weighted by molar-refractivity contribution is -0.115. The van der Waals surface area contributed by atoms with Crippen molar-refractivity contribution in [3.63, 3.8) is 0 Å². The van der Waals surface area contributed by atoms with E-state index in [0.29, 0.717) is 17.9 Å². The average molecular weight is 287 g/mol. The topological polar surface area (TPSA) is 58.4 Å². The van der Waals surface area contributed by atoms with Crippen LogP contribution in [0.15, 0.2) is 48.5 Å². The van der Waals surface area contributed by atoms with Gasteiger partial charge in [-0.05, 0) is 43.3 Å². The summed E-state index contributed by atoms with van der Waals surface area (Å²) >= 11 is 0. The molecule has 4 nitrogen and oxygen atoms in total. The Balaban J connectivity index is 2.03. The van der Waals surface area contributed by atoms with E-state index in [0.717, 1.165) is 5.69 Å². The Labute approximate surface area is 123 Å². The van der Waals surface area contributed by atoms with Crippen molar-refractivity contribution in [2.75, 3.05) is 29.0 Å². The molecular weight excluding hydrogens is 269 g/mol. The number of carbonyl (C=O) groups is 1. The number of hydrogen-bond donors (Lipinski definition) is 2. The molecule has 110 valence electrons. The van der Waals surface area contributed by atoms with Gasteiger partial charge in [0.2, 0.25) is 5.91 Å². The molecule has 0 unspecified atom stereocenters. The predicted octanol–water partition coefficient (Wildman–Crippen LogP) is 2.87. The van der Waals surface area contributed by atoms with E-state index in [1.54, 1.807) is 24.3 Å². The number of likely N-dealkylation sites (N-methyl/N-ethyl adjacent to an activating group) is 1. The minimum absolute atomic E-state index is 0.168. The molecular formula is C16H18FN3O. The second-order valence-electron chi connectivity index (χ2n) is 4.63. The van der Waals surface area contributed by atoms with Crippen molar-refractivity contribution in [1.82, 2.24) is 0 Å². The fourth-order valence-electron chi connectivity index (χ4n) is 2.01. The van der Waals surface area contributed by atoms with Crippen molar-refractivity contribution in [3.05, 3.63) is 54.3 Å². The number of benzene rings is 2. The second-order valence-corrected chi connectivity index (χ2v) is 4.63. The van der Waals surface area contributed by atoms with Gasteiger partial charge in [0.1, 0.15) is 5.82 Å². The summed E-state index contributed by atoms with van der Waals surface area (Å²) in [6, 6.07) is 13.2. The molecule has 0 aromatic heterocycles. The standard InChI is InChI=1S/C16H18FN3O/c1-2-20(13-9-7-12(17)8-10-13)11-16(21)19-15-6-4-3-5-14(15)18/h3-10H,2,11,18H2,1H3,(H,19,21). The molecule has 3 N–H and O–H groups in total. The summed E-state index contributed by atoms with van der Waals surface area (Å²) in [6.45, 7) is 2.76. The van der Waals surface area contributed by atoms with Gasteiger partial charge in [0, 0.05) is 12.2 Å². The number of nitrogens with one attached hydrogen (secondary N) is 1. The molecule has 0 aliphatic rings. The number of anilines is 3. The van der Waals surface area contributed by atoms with Crippen molar-refractivity contribution in [2.45, 2.75) is 6.92 Å². The van der Waals surface area contributed by atoms with E-state index in [2.05, 4.69) is 5.32 Å². The first kappa shape index (κ1) is 14.8. The molecule has 0 saturated carbocycles. The first-order chi connectivity index (χ1) is 10.1. The van der Waals surface area contributed by atoms with Crippen molar-refractivity contribution < 1.29 is 9.18 Å². The van der Waals surface area contributed by atoms with E-state index in [1.807, 2.05) is 24.0 Å². The zero-order valence-corrected chi connectivity index (χ0v) is 11.8. The summed E-state index contributed by atoms with van der Waals surface area (Å²) in [5.74, 6) is -0.463. The summed E-state index contributed by atoms with van der Waals surface area (Å²) in [5, 5.41) is 2.78. The maximum Gasteiger partial charge on any atom is 0.243 e. The van der Waals surface area contributed by atoms with E-state index < -0.39 is 0 Å². The monoisotopic (exact) mass is 287 g/mol. The van der Waals surface area contributed by atoms with Crippen molar-refractivity contribution >= 4 is 23.0 Å². The summed E-state index contributed by atoms with van der Waals surface area (Å²) < 4.78 is 12.9. The molecule has 2 aromatic carbocycles. The largest absolute Gasteiger partial charge is 0.397 e. The number of nitrogens with two attached hydrogens (primary N) is 1. The highest BCUT2D eigenvalue weighted by Gasteiger charge is 2.11. The average Bonchev–Trinajstić information content (AvgIpc) is 2.48. The van der Waals surface area contributed by atoms with Gasteiger partial charge in [-0.2, -0.15) is 0 Å². The lowest BCUT2D eigenvalue weighted by atomic mass is 10.2. The highest BCUT2D eigenvalue weighted by Crippen LogP contribution is 2.18. The minimum Gasteiger partial charge on any atom is -0.397 e. The van der Waals surface area contributed by atoms with Gasteiger partial charge in [-0.1, -0.05) is 12.1 Å². The van der Waals surface area contributed by atoms with Crippen molar-refractivity contribution in [3.8, 4) is 0 Å². The van der Waals surface area contributed by atoms with E-state index in [1.165, 1.54) is 12.1 Å². The first-order valence-corrected chi connectivity index (χ1v) is 6.75. The Kier molecular flexibility index (Phi) is 4.77. The zero-order valence-electron chi connectivity index (χ0n) is 11.8. The highest BCUT2D eigenvalue weighted by molar-refractivity contribution is 5.96.